The first-order valence-corrected chi connectivity index (χ1v) is 3.83. The Bertz CT molecular complexity index is 292. The van der Waals surface area contributed by atoms with Crippen LogP contribution in [0.25, 0.3) is 4.85 Å². The van der Waals surface area contributed by atoms with Crippen molar-refractivity contribution in [1.29, 1.82) is 0 Å². The SMILES string of the molecule is CC#[N+]Cc1ccc(OC)cc1. The van der Waals surface area contributed by atoms with E-state index in [0.29, 0.717) is 6.54 Å². The molecule has 0 atom stereocenters. The minimum absolute atomic E-state index is 0.695. The molecule has 0 aliphatic carbocycles. The second kappa shape index (κ2) is 4.40. The van der Waals surface area contributed by atoms with Crippen LogP contribution in [0.4, 0.5) is 0 Å². The molecule has 0 aliphatic rings. The lowest BCUT2D eigenvalue weighted by molar-refractivity contribution is 0.414. The van der Waals surface area contributed by atoms with Crippen LogP contribution in [0.3, 0.4) is 0 Å². The van der Waals surface area contributed by atoms with E-state index in [4.69, 9.17) is 4.74 Å². The van der Waals surface area contributed by atoms with E-state index in [-0.39, 0.29) is 0 Å². The number of hydrogen-bond acceptors (Lipinski definition) is 1. The van der Waals surface area contributed by atoms with Gasteiger partial charge in [-0.05, 0) is 24.3 Å². The third kappa shape index (κ3) is 2.28. The average Bonchev–Trinajstić information content (AvgIpc) is 2.15. The number of ether oxygens (including phenoxy) is 1. The van der Waals surface area contributed by atoms with Crippen molar-refractivity contribution in [3.8, 4) is 11.8 Å². The zero-order valence-electron chi connectivity index (χ0n) is 7.37. The van der Waals surface area contributed by atoms with E-state index in [9.17, 15) is 0 Å². The van der Waals surface area contributed by atoms with Crippen LogP contribution in [0.2, 0.25) is 0 Å². The Hall–Kier alpha value is -1.49. The summed E-state index contributed by atoms with van der Waals surface area (Å²) in [4.78, 5) is 4.01. The average molecular weight is 162 g/mol. The molecule has 2 heteroatoms. The highest BCUT2D eigenvalue weighted by molar-refractivity contribution is 5.27. The summed E-state index contributed by atoms with van der Waals surface area (Å²) in [6.45, 7) is 2.49. The maximum Gasteiger partial charge on any atom is 0.288 e. The maximum atomic E-state index is 5.03. The maximum absolute atomic E-state index is 5.03. The largest absolute Gasteiger partial charge is 0.497 e. The lowest BCUT2D eigenvalue weighted by Gasteiger charge is -1.96. The van der Waals surface area contributed by atoms with Crippen molar-refractivity contribution in [2.75, 3.05) is 7.11 Å². The fourth-order valence-electron chi connectivity index (χ4n) is 0.901. The van der Waals surface area contributed by atoms with Crippen molar-refractivity contribution in [3.63, 3.8) is 0 Å². The van der Waals surface area contributed by atoms with Gasteiger partial charge in [-0.25, -0.2) is 0 Å². The number of rotatable bonds is 2. The van der Waals surface area contributed by atoms with Crippen LogP contribution in [0.5, 0.6) is 5.75 Å². The number of hydrogen-bond donors (Lipinski definition) is 0. The standard InChI is InChI=1S/C10H12NO/c1-3-11-8-9-4-6-10(12-2)7-5-9/h4-7H,8H2,1-2H3/q+1. The van der Waals surface area contributed by atoms with Crippen LogP contribution >= 0.6 is 0 Å². The molecule has 0 saturated heterocycles. The predicted molar refractivity (Wildman–Crippen MR) is 49.6 cm³/mol. The fourth-order valence-corrected chi connectivity index (χ4v) is 0.901. The summed E-state index contributed by atoms with van der Waals surface area (Å²) in [5.41, 5.74) is 1.17. The molecule has 12 heavy (non-hydrogen) atoms. The van der Waals surface area contributed by atoms with Gasteiger partial charge in [0.1, 0.15) is 5.75 Å². The molecule has 0 fully saturated rings. The molecule has 0 radical (unpaired) electrons. The van der Waals surface area contributed by atoms with Gasteiger partial charge in [-0.2, -0.15) is 0 Å². The van der Waals surface area contributed by atoms with E-state index >= 15 is 0 Å². The second-order valence-corrected chi connectivity index (χ2v) is 2.39. The first kappa shape index (κ1) is 8.61. The van der Waals surface area contributed by atoms with Gasteiger partial charge in [0.25, 0.3) is 12.6 Å². The van der Waals surface area contributed by atoms with Crippen molar-refractivity contribution >= 4 is 0 Å². The summed E-state index contributed by atoms with van der Waals surface area (Å²) in [5, 5.41) is 0. The molecule has 1 rings (SSSR count). The van der Waals surface area contributed by atoms with Gasteiger partial charge in [0.05, 0.1) is 14.0 Å². The smallest absolute Gasteiger partial charge is 0.288 e. The Morgan fingerprint density at radius 3 is 2.50 bits per heavy atom. The second-order valence-electron chi connectivity index (χ2n) is 2.39. The van der Waals surface area contributed by atoms with Crippen LogP contribution in [0.15, 0.2) is 24.3 Å². The first-order chi connectivity index (χ1) is 5.86. The molecule has 1 aromatic carbocycles. The topological polar surface area (TPSA) is 13.6 Å². The summed E-state index contributed by atoms with van der Waals surface area (Å²) >= 11 is 0. The summed E-state index contributed by atoms with van der Waals surface area (Å²) < 4.78 is 5.03. The van der Waals surface area contributed by atoms with Gasteiger partial charge in [-0.1, -0.05) is 4.85 Å². The Morgan fingerprint density at radius 2 is 2.00 bits per heavy atom. The molecule has 0 amide bonds. The molecule has 2 nitrogen and oxygen atoms in total. The number of nitrogens with zero attached hydrogens (tertiary/aromatic N) is 1. The molecular weight excluding hydrogens is 150 g/mol. The molecule has 1 aromatic rings. The molecule has 0 saturated carbocycles. The van der Waals surface area contributed by atoms with E-state index < -0.39 is 0 Å². The van der Waals surface area contributed by atoms with Crippen LogP contribution in [0.1, 0.15) is 12.5 Å². The van der Waals surface area contributed by atoms with Gasteiger partial charge in [0.15, 0.2) is 0 Å². The molecule has 0 aromatic heterocycles. The van der Waals surface area contributed by atoms with E-state index in [1.54, 1.807) is 14.0 Å². The minimum atomic E-state index is 0.695. The molecule has 0 aliphatic heterocycles. The minimum Gasteiger partial charge on any atom is -0.497 e. The van der Waals surface area contributed by atoms with Gasteiger partial charge < -0.3 is 4.74 Å². The monoisotopic (exact) mass is 162 g/mol. The molecule has 0 N–H and O–H groups in total. The zero-order chi connectivity index (χ0) is 8.81. The molecule has 62 valence electrons. The van der Waals surface area contributed by atoms with E-state index in [0.717, 1.165) is 5.75 Å². The zero-order valence-corrected chi connectivity index (χ0v) is 7.37. The van der Waals surface area contributed by atoms with Crippen LogP contribution in [-0.2, 0) is 6.54 Å². The van der Waals surface area contributed by atoms with Crippen molar-refractivity contribution < 1.29 is 4.74 Å². The summed E-state index contributed by atoms with van der Waals surface area (Å²) in [7, 11) is 1.66. The third-order valence-electron chi connectivity index (χ3n) is 1.58. The number of methoxy groups -OCH3 is 1. The molecule has 0 spiro atoms. The molecule has 0 bridgehead atoms. The Kier molecular flexibility index (Phi) is 3.16. The van der Waals surface area contributed by atoms with E-state index in [1.807, 2.05) is 24.3 Å². The highest BCUT2D eigenvalue weighted by atomic mass is 16.5. The molecule has 0 heterocycles. The fraction of sp³-hybridized carbons (Fsp3) is 0.300. The van der Waals surface area contributed by atoms with E-state index in [2.05, 4.69) is 10.9 Å². The third-order valence-corrected chi connectivity index (χ3v) is 1.58. The lowest BCUT2D eigenvalue weighted by atomic mass is 10.2. The highest BCUT2D eigenvalue weighted by Crippen LogP contribution is 2.11. The van der Waals surface area contributed by atoms with Crippen LogP contribution in [0, 0.1) is 6.07 Å². The quantitative estimate of drug-likeness (QED) is 0.651. The van der Waals surface area contributed by atoms with Gasteiger partial charge in [0.2, 0.25) is 0 Å². The summed E-state index contributed by atoms with van der Waals surface area (Å²) in [6, 6.07) is 10.6. The summed E-state index contributed by atoms with van der Waals surface area (Å²) in [5.74, 6) is 0.878. The first-order valence-electron chi connectivity index (χ1n) is 3.83. The Balaban J connectivity index is 2.69. The van der Waals surface area contributed by atoms with E-state index in [1.165, 1.54) is 5.56 Å². The van der Waals surface area contributed by atoms with Crippen LogP contribution < -0.4 is 4.74 Å². The van der Waals surface area contributed by atoms with Crippen molar-refractivity contribution in [3.05, 3.63) is 34.7 Å². The molecule has 0 unspecified atom stereocenters. The predicted octanol–water partition coefficient (Wildman–Crippen LogP) is 2.55. The highest BCUT2D eigenvalue weighted by Gasteiger charge is 1.96. The van der Waals surface area contributed by atoms with Gasteiger partial charge in [-0.3, -0.25) is 0 Å². The van der Waals surface area contributed by atoms with Crippen molar-refractivity contribution in [2.45, 2.75) is 13.5 Å². The van der Waals surface area contributed by atoms with Gasteiger partial charge >= 0.3 is 0 Å². The van der Waals surface area contributed by atoms with Crippen molar-refractivity contribution in [2.24, 2.45) is 0 Å². The number of benzene rings is 1. The van der Waals surface area contributed by atoms with Gasteiger partial charge in [0, 0.05) is 5.56 Å². The van der Waals surface area contributed by atoms with Crippen LogP contribution in [-0.4, -0.2) is 7.11 Å². The van der Waals surface area contributed by atoms with Crippen molar-refractivity contribution in [1.82, 2.24) is 0 Å². The Labute approximate surface area is 72.6 Å². The Morgan fingerprint density at radius 1 is 1.33 bits per heavy atom. The molecular formula is C10H12NO+. The lowest BCUT2D eigenvalue weighted by Crippen LogP contribution is -1.83. The van der Waals surface area contributed by atoms with Gasteiger partial charge in [-0.15, -0.1) is 0 Å². The summed E-state index contributed by atoms with van der Waals surface area (Å²) in [6.07, 6.45) is 0. The normalized spacial score (nSPS) is 8.50.